The molecule has 96 valence electrons. The van der Waals surface area contributed by atoms with Crippen LogP contribution in [0, 0.1) is 11.3 Å². The lowest BCUT2D eigenvalue weighted by Crippen LogP contribution is -2.29. The highest BCUT2D eigenvalue weighted by Crippen LogP contribution is 2.35. The number of rotatable bonds is 5. The van der Waals surface area contributed by atoms with E-state index in [0.29, 0.717) is 26.9 Å². The van der Waals surface area contributed by atoms with Crippen molar-refractivity contribution < 1.29 is 9.53 Å². The van der Waals surface area contributed by atoms with Crippen molar-refractivity contribution in [1.29, 1.82) is 5.26 Å². The van der Waals surface area contributed by atoms with Gasteiger partial charge in [-0.1, -0.05) is 0 Å². The van der Waals surface area contributed by atoms with E-state index in [1.165, 1.54) is 0 Å². The van der Waals surface area contributed by atoms with Crippen LogP contribution in [-0.2, 0) is 4.79 Å². The zero-order valence-electron chi connectivity index (χ0n) is 9.37. The Morgan fingerprint density at radius 1 is 1.44 bits per heavy atom. The Balaban J connectivity index is 2.54. The van der Waals surface area contributed by atoms with E-state index in [4.69, 9.17) is 15.7 Å². The third-order valence-corrected chi connectivity index (χ3v) is 3.11. The molecule has 1 rings (SSSR count). The minimum absolute atomic E-state index is 0.119. The lowest BCUT2D eigenvalue weighted by Gasteiger charge is -2.10. The van der Waals surface area contributed by atoms with Crippen molar-refractivity contribution >= 4 is 43.5 Å². The van der Waals surface area contributed by atoms with Gasteiger partial charge in [0.25, 0.3) is 5.91 Å². The second-order valence-electron chi connectivity index (χ2n) is 3.36. The first-order chi connectivity index (χ1) is 8.54. The summed E-state index contributed by atoms with van der Waals surface area (Å²) in [5.41, 5.74) is 6.22. The molecule has 0 bridgehead atoms. The SMILES string of the molecule is N#CCCNC(=O)COc1c(Br)cc(N)cc1Br. The van der Waals surface area contributed by atoms with Gasteiger partial charge in [0.2, 0.25) is 0 Å². The van der Waals surface area contributed by atoms with Gasteiger partial charge in [-0.15, -0.1) is 0 Å². The number of nitrogens with two attached hydrogens (primary N) is 1. The molecule has 0 aliphatic heterocycles. The number of hydrogen-bond acceptors (Lipinski definition) is 4. The van der Waals surface area contributed by atoms with Gasteiger partial charge in [0.1, 0.15) is 5.75 Å². The van der Waals surface area contributed by atoms with E-state index in [2.05, 4.69) is 37.2 Å². The number of nitrogens with one attached hydrogen (secondary N) is 1. The first-order valence-electron chi connectivity index (χ1n) is 5.05. The molecule has 0 saturated heterocycles. The summed E-state index contributed by atoms with van der Waals surface area (Å²) in [5, 5.41) is 10.9. The average molecular weight is 377 g/mol. The quantitative estimate of drug-likeness (QED) is 0.609. The molecular formula is C11H11Br2N3O2. The Bertz CT molecular complexity index is 463. The highest BCUT2D eigenvalue weighted by molar-refractivity contribution is 9.11. The lowest BCUT2D eigenvalue weighted by molar-refractivity contribution is -0.123. The Labute approximate surface area is 122 Å². The van der Waals surface area contributed by atoms with Crippen molar-refractivity contribution in [3.05, 3.63) is 21.1 Å². The molecule has 0 spiro atoms. The summed E-state index contributed by atoms with van der Waals surface area (Å²) >= 11 is 6.60. The summed E-state index contributed by atoms with van der Waals surface area (Å²) in [6.45, 7) is 0.204. The number of nitrogen functional groups attached to an aromatic ring is 1. The first kappa shape index (κ1) is 14.8. The van der Waals surface area contributed by atoms with Gasteiger partial charge in [-0.3, -0.25) is 4.79 Å². The first-order valence-corrected chi connectivity index (χ1v) is 6.64. The smallest absolute Gasteiger partial charge is 0.257 e. The molecule has 0 aromatic heterocycles. The van der Waals surface area contributed by atoms with E-state index in [1.54, 1.807) is 12.1 Å². The predicted octanol–water partition coefficient (Wildman–Crippen LogP) is 2.20. The molecule has 0 atom stereocenters. The fraction of sp³-hybridized carbons (Fsp3) is 0.273. The highest BCUT2D eigenvalue weighted by Gasteiger charge is 2.10. The highest BCUT2D eigenvalue weighted by atomic mass is 79.9. The largest absolute Gasteiger partial charge is 0.481 e. The summed E-state index contributed by atoms with van der Waals surface area (Å²) in [4.78, 5) is 11.4. The van der Waals surface area contributed by atoms with Crippen molar-refractivity contribution in [2.75, 3.05) is 18.9 Å². The minimum Gasteiger partial charge on any atom is -0.481 e. The van der Waals surface area contributed by atoms with Crippen LogP contribution in [0.5, 0.6) is 5.75 Å². The topological polar surface area (TPSA) is 88.1 Å². The molecule has 0 fully saturated rings. The van der Waals surface area contributed by atoms with E-state index in [-0.39, 0.29) is 18.9 Å². The van der Waals surface area contributed by atoms with Gasteiger partial charge in [-0.05, 0) is 44.0 Å². The fourth-order valence-electron chi connectivity index (χ4n) is 1.16. The predicted molar refractivity (Wildman–Crippen MR) is 75.0 cm³/mol. The number of ether oxygens (including phenoxy) is 1. The Hall–Kier alpha value is -1.26. The number of amides is 1. The van der Waals surface area contributed by atoms with E-state index < -0.39 is 0 Å². The van der Waals surface area contributed by atoms with Crippen LogP contribution in [-0.4, -0.2) is 19.1 Å². The van der Waals surface area contributed by atoms with E-state index in [0.717, 1.165) is 0 Å². The van der Waals surface area contributed by atoms with E-state index in [9.17, 15) is 4.79 Å². The third-order valence-electron chi connectivity index (χ3n) is 1.93. The van der Waals surface area contributed by atoms with Crippen LogP contribution < -0.4 is 15.8 Å². The number of halogens is 2. The molecule has 5 nitrogen and oxygen atoms in total. The maximum atomic E-state index is 11.4. The monoisotopic (exact) mass is 375 g/mol. The van der Waals surface area contributed by atoms with Crippen molar-refractivity contribution in [2.24, 2.45) is 0 Å². The summed E-state index contributed by atoms with van der Waals surface area (Å²) < 4.78 is 6.70. The number of hydrogen-bond donors (Lipinski definition) is 2. The van der Waals surface area contributed by atoms with Gasteiger partial charge >= 0.3 is 0 Å². The van der Waals surface area contributed by atoms with E-state index in [1.807, 2.05) is 6.07 Å². The van der Waals surface area contributed by atoms with E-state index >= 15 is 0 Å². The van der Waals surface area contributed by atoms with Crippen molar-refractivity contribution in [1.82, 2.24) is 5.32 Å². The van der Waals surface area contributed by atoms with Gasteiger partial charge < -0.3 is 15.8 Å². The maximum Gasteiger partial charge on any atom is 0.257 e. The molecule has 1 amide bonds. The second-order valence-corrected chi connectivity index (χ2v) is 5.07. The number of nitrogens with zero attached hydrogens (tertiary/aromatic N) is 1. The van der Waals surface area contributed by atoms with Gasteiger partial charge in [-0.2, -0.15) is 5.26 Å². The maximum absolute atomic E-state index is 11.4. The summed E-state index contributed by atoms with van der Waals surface area (Å²) in [5.74, 6) is 0.237. The van der Waals surface area contributed by atoms with Crippen LogP contribution in [0.25, 0.3) is 0 Å². The van der Waals surface area contributed by atoms with Gasteiger partial charge in [0.05, 0.1) is 21.4 Å². The molecule has 7 heteroatoms. The van der Waals surface area contributed by atoms with Gasteiger partial charge in [-0.25, -0.2) is 0 Å². The summed E-state index contributed by atoms with van der Waals surface area (Å²) in [7, 11) is 0. The van der Waals surface area contributed by atoms with Crippen molar-refractivity contribution in [2.45, 2.75) is 6.42 Å². The van der Waals surface area contributed by atoms with Crippen LogP contribution in [0.2, 0.25) is 0 Å². The number of anilines is 1. The molecule has 0 radical (unpaired) electrons. The number of carbonyl (C=O) groups excluding carboxylic acids is 1. The average Bonchev–Trinajstić information content (AvgIpc) is 2.27. The number of nitriles is 1. The summed E-state index contributed by atoms with van der Waals surface area (Å²) in [6, 6.07) is 5.31. The van der Waals surface area contributed by atoms with Crippen molar-refractivity contribution in [3.8, 4) is 11.8 Å². The van der Waals surface area contributed by atoms with Crippen LogP contribution in [0.15, 0.2) is 21.1 Å². The molecule has 0 unspecified atom stereocenters. The van der Waals surface area contributed by atoms with Crippen molar-refractivity contribution in [3.63, 3.8) is 0 Å². The molecule has 0 heterocycles. The van der Waals surface area contributed by atoms with Gasteiger partial charge in [0, 0.05) is 12.2 Å². The molecule has 18 heavy (non-hydrogen) atoms. The standard InChI is InChI=1S/C11H11Br2N3O2/c12-8-4-7(15)5-9(13)11(8)18-6-10(17)16-3-1-2-14/h4-5H,1,3,6,15H2,(H,16,17). The second kappa shape index (κ2) is 7.24. The Morgan fingerprint density at radius 3 is 2.61 bits per heavy atom. The number of benzene rings is 1. The normalized spacial score (nSPS) is 9.61. The molecule has 0 aliphatic carbocycles. The lowest BCUT2D eigenvalue weighted by atomic mass is 10.3. The zero-order valence-corrected chi connectivity index (χ0v) is 12.5. The van der Waals surface area contributed by atoms with Gasteiger partial charge in [0.15, 0.2) is 6.61 Å². The molecule has 0 aliphatic rings. The Morgan fingerprint density at radius 2 is 2.06 bits per heavy atom. The summed E-state index contributed by atoms with van der Waals surface area (Å²) in [6.07, 6.45) is 0.279. The Kier molecular flexibility index (Phi) is 5.95. The zero-order chi connectivity index (χ0) is 13.5. The molecule has 1 aromatic rings. The third kappa shape index (κ3) is 4.55. The number of carbonyl (C=O) groups is 1. The fourth-order valence-corrected chi connectivity index (χ4v) is 2.61. The molecule has 1 aromatic carbocycles. The van der Waals surface area contributed by atoms with Crippen LogP contribution >= 0.6 is 31.9 Å². The molecule has 3 N–H and O–H groups in total. The molecule has 0 saturated carbocycles. The van der Waals surface area contributed by atoms with Crippen LogP contribution in [0.3, 0.4) is 0 Å². The minimum atomic E-state index is -0.277. The van der Waals surface area contributed by atoms with Crippen LogP contribution in [0.4, 0.5) is 5.69 Å². The molecular weight excluding hydrogens is 366 g/mol. The van der Waals surface area contributed by atoms with Crippen LogP contribution in [0.1, 0.15) is 6.42 Å².